The SMILES string of the molecule is CN(C(=O)CCCOc1ccccc1[N+](=O)[O-])C1CCCCC1. The Labute approximate surface area is 136 Å². The molecular formula is C17H24N2O4. The Balaban J connectivity index is 1.74. The quantitative estimate of drug-likeness (QED) is 0.437. The summed E-state index contributed by atoms with van der Waals surface area (Å²) in [6.45, 7) is 0.301. The molecule has 1 amide bonds. The average Bonchev–Trinajstić information content (AvgIpc) is 2.58. The fourth-order valence-corrected chi connectivity index (χ4v) is 2.98. The summed E-state index contributed by atoms with van der Waals surface area (Å²) in [6.07, 6.45) is 6.81. The van der Waals surface area contributed by atoms with Crippen molar-refractivity contribution in [3.63, 3.8) is 0 Å². The van der Waals surface area contributed by atoms with Gasteiger partial charge in [-0.25, -0.2) is 0 Å². The standard InChI is InChI=1S/C17H24N2O4/c1-18(14-8-3-2-4-9-14)17(20)12-7-13-23-16-11-6-5-10-15(16)19(21)22/h5-6,10-11,14H,2-4,7-9,12-13H2,1H3. The Kier molecular flexibility index (Phi) is 6.38. The van der Waals surface area contributed by atoms with Crippen LogP contribution in [0.5, 0.6) is 5.75 Å². The molecule has 1 aliphatic carbocycles. The van der Waals surface area contributed by atoms with Crippen molar-refractivity contribution in [2.75, 3.05) is 13.7 Å². The van der Waals surface area contributed by atoms with Gasteiger partial charge < -0.3 is 9.64 Å². The van der Waals surface area contributed by atoms with Crippen molar-refractivity contribution in [3.8, 4) is 5.75 Å². The van der Waals surface area contributed by atoms with Gasteiger partial charge in [-0.05, 0) is 25.3 Å². The van der Waals surface area contributed by atoms with Crippen molar-refractivity contribution in [2.24, 2.45) is 0 Å². The van der Waals surface area contributed by atoms with E-state index >= 15 is 0 Å². The first-order valence-electron chi connectivity index (χ1n) is 8.21. The van der Waals surface area contributed by atoms with E-state index < -0.39 is 4.92 Å². The van der Waals surface area contributed by atoms with E-state index in [4.69, 9.17) is 4.74 Å². The van der Waals surface area contributed by atoms with Crippen LogP contribution in [-0.4, -0.2) is 35.4 Å². The lowest BCUT2D eigenvalue weighted by molar-refractivity contribution is -0.385. The smallest absolute Gasteiger partial charge is 0.310 e. The predicted molar refractivity (Wildman–Crippen MR) is 87.5 cm³/mol. The third-order valence-corrected chi connectivity index (χ3v) is 4.37. The molecule has 23 heavy (non-hydrogen) atoms. The summed E-state index contributed by atoms with van der Waals surface area (Å²) in [5.74, 6) is 0.383. The monoisotopic (exact) mass is 320 g/mol. The number of ether oxygens (including phenoxy) is 1. The molecule has 0 radical (unpaired) electrons. The molecule has 1 aromatic carbocycles. The van der Waals surface area contributed by atoms with Gasteiger partial charge in [-0.3, -0.25) is 14.9 Å². The molecule has 1 saturated carbocycles. The van der Waals surface area contributed by atoms with Crippen LogP contribution in [0.2, 0.25) is 0 Å². The second-order valence-corrected chi connectivity index (χ2v) is 5.97. The van der Waals surface area contributed by atoms with Crippen molar-refractivity contribution in [1.82, 2.24) is 4.90 Å². The Morgan fingerprint density at radius 1 is 1.30 bits per heavy atom. The fraction of sp³-hybridized carbons (Fsp3) is 0.588. The number of carbonyl (C=O) groups excluding carboxylic acids is 1. The molecule has 0 heterocycles. The second-order valence-electron chi connectivity index (χ2n) is 5.97. The topological polar surface area (TPSA) is 72.7 Å². The summed E-state index contributed by atoms with van der Waals surface area (Å²) >= 11 is 0. The molecule has 0 unspecified atom stereocenters. The molecule has 0 atom stereocenters. The van der Waals surface area contributed by atoms with E-state index in [1.54, 1.807) is 18.2 Å². The lowest BCUT2D eigenvalue weighted by atomic mass is 9.94. The molecule has 0 spiro atoms. The zero-order valence-corrected chi connectivity index (χ0v) is 13.6. The van der Waals surface area contributed by atoms with Gasteiger partial charge in [0.2, 0.25) is 5.91 Å². The highest BCUT2D eigenvalue weighted by Crippen LogP contribution is 2.26. The molecule has 0 aliphatic heterocycles. The molecule has 1 aromatic rings. The molecule has 0 aromatic heterocycles. The summed E-state index contributed by atoms with van der Waals surface area (Å²) in [5.41, 5.74) is -0.0434. The summed E-state index contributed by atoms with van der Waals surface area (Å²) in [4.78, 5) is 24.5. The third-order valence-electron chi connectivity index (χ3n) is 4.37. The molecule has 6 nitrogen and oxygen atoms in total. The van der Waals surface area contributed by atoms with E-state index in [1.165, 1.54) is 25.3 Å². The van der Waals surface area contributed by atoms with Crippen molar-refractivity contribution in [2.45, 2.75) is 51.0 Å². The largest absolute Gasteiger partial charge is 0.487 e. The molecule has 1 aliphatic rings. The number of rotatable bonds is 7. The van der Waals surface area contributed by atoms with E-state index in [0.29, 0.717) is 25.5 Å². The van der Waals surface area contributed by atoms with Crippen LogP contribution < -0.4 is 4.74 Å². The highest BCUT2D eigenvalue weighted by molar-refractivity contribution is 5.76. The van der Waals surface area contributed by atoms with Crippen LogP contribution in [-0.2, 0) is 4.79 Å². The number of nitro benzene ring substituents is 1. The Morgan fingerprint density at radius 2 is 2.00 bits per heavy atom. The number of amides is 1. The van der Waals surface area contributed by atoms with Gasteiger partial charge in [0.25, 0.3) is 0 Å². The summed E-state index contributed by atoms with van der Waals surface area (Å²) in [6, 6.07) is 6.66. The first-order chi connectivity index (χ1) is 11.1. The number of benzene rings is 1. The first-order valence-corrected chi connectivity index (χ1v) is 8.21. The molecule has 0 saturated heterocycles. The van der Waals surface area contributed by atoms with Gasteiger partial charge in [-0.2, -0.15) is 0 Å². The number of hydrogen-bond donors (Lipinski definition) is 0. The number of hydrogen-bond acceptors (Lipinski definition) is 4. The van der Waals surface area contributed by atoms with E-state index in [1.807, 2.05) is 11.9 Å². The minimum absolute atomic E-state index is 0.0434. The number of nitro groups is 1. The average molecular weight is 320 g/mol. The van der Waals surface area contributed by atoms with Gasteiger partial charge in [0.05, 0.1) is 11.5 Å². The summed E-state index contributed by atoms with van der Waals surface area (Å²) < 4.78 is 5.46. The van der Waals surface area contributed by atoms with Gasteiger partial charge in [0.15, 0.2) is 5.75 Å². The van der Waals surface area contributed by atoms with Crippen molar-refractivity contribution in [1.29, 1.82) is 0 Å². The van der Waals surface area contributed by atoms with Crippen LogP contribution in [0.4, 0.5) is 5.69 Å². The number of nitrogens with zero attached hydrogens (tertiary/aromatic N) is 2. The minimum Gasteiger partial charge on any atom is -0.487 e. The lowest BCUT2D eigenvalue weighted by Crippen LogP contribution is -2.38. The zero-order valence-electron chi connectivity index (χ0n) is 13.6. The fourth-order valence-electron chi connectivity index (χ4n) is 2.98. The molecule has 1 fully saturated rings. The van der Waals surface area contributed by atoms with E-state index in [2.05, 4.69) is 0 Å². The number of carbonyl (C=O) groups is 1. The maximum absolute atomic E-state index is 12.2. The highest BCUT2D eigenvalue weighted by Gasteiger charge is 2.21. The van der Waals surface area contributed by atoms with Gasteiger partial charge in [-0.15, -0.1) is 0 Å². The summed E-state index contributed by atoms with van der Waals surface area (Å²) in [7, 11) is 1.88. The van der Waals surface area contributed by atoms with Crippen LogP contribution in [0, 0.1) is 10.1 Å². The molecular weight excluding hydrogens is 296 g/mol. The van der Waals surface area contributed by atoms with Gasteiger partial charge in [0.1, 0.15) is 0 Å². The lowest BCUT2D eigenvalue weighted by Gasteiger charge is -2.31. The van der Waals surface area contributed by atoms with Crippen LogP contribution >= 0.6 is 0 Å². The maximum atomic E-state index is 12.2. The van der Waals surface area contributed by atoms with Gasteiger partial charge in [0, 0.05) is 25.6 Å². The first kappa shape index (κ1) is 17.2. The van der Waals surface area contributed by atoms with E-state index in [9.17, 15) is 14.9 Å². The summed E-state index contributed by atoms with van der Waals surface area (Å²) in [5, 5.41) is 10.9. The predicted octanol–water partition coefficient (Wildman–Crippen LogP) is 3.54. The molecule has 126 valence electrons. The normalized spacial score (nSPS) is 15.2. The molecule has 6 heteroatoms. The van der Waals surface area contributed by atoms with Gasteiger partial charge in [-0.1, -0.05) is 31.4 Å². The Bertz CT molecular complexity index is 541. The van der Waals surface area contributed by atoms with Crippen molar-refractivity contribution in [3.05, 3.63) is 34.4 Å². The van der Waals surface area contributed by atoms with Crippen LogP contribution in [0.15, 0.2) is 24.3 Å². The molecule has 0 N–H and O–H groups in total. The Morgan fingerprint density at radius 3 is 2.70 bits per heavy atom. The van der Waals surface area contributed by atoms with E-state index in [0.717, 1.165) is 12.8 Å². The third kappa shape index (κ3) is 4.94. The molecule has 2 rings (SSSR count). The Hall–Kier alpha value is -2.11. The zero-order chi connectivity index (χ0) is 16.7. The molecule has 0 bridgehead atoms. The van der Waals surface area contributed by atoms with Gasteiger partial charge >= 0.3 is 5.69 Å². The highest BCUT2D eigenvalue weighted by atomic mass is 16.6. The maximum Gasteiger partial charge on any atom is 0.310 e. The van der Waals surface area contributed by atoms with Crippen LogP contribution in [0.3, 0.4) is 0 Å². The number of para-hydroxylation sites is 2. The minimum atomic E-state index is -0.461. The van der Waals surface area contributed by atoms with Crippen LogP contribution in [0.25, 0.3) is 0 Å². The second kappa shape index (κ2) is 8.50. The van der Waals surface area contributed by atoms with E-state index in [-0.39, 0.29) is 17.3 Å². The van der Waals surface area contributed by atoms with Crippen molar-refractivity contribution >= 4 is 11.6 Å². The van der Waals surface area contributed by atoms with Crippen molar-refractivity contribution < 1.29 is 14.5 Å². The van der Waals surface area contributed by atoms with Crippen LogP contribution in [0.1, 0.15) is 44.9 Å².